The maximum Gasteiger partial charge on any atom is 0.366 e. The van der Waals surface area contributed by atoms with Gasteiger partial charge in [-0.25, -0.2) is 9.97 Å². The Balaban J connectivity index is 1.75. The molecule has 0 radical (unpaired) electrons. The van der Waals surface area contributed by atoms with Crippen LogP contribution in [0.3, 0.4) is 0 Å². The van der Waals surface area contributed by atoms with Gasteiger partial charge >= 0.3 is 5.82 Å². The third-order valence-corrected chi connectivity index (χ3v) is 3.26. The zero-order valence-electron chi connectivity index (χ0n) is 11.9. The van der Waals surface area contributed by atoms with Crippen molar-refractivity contribution in [1.82, 2.24) is 19.9 Å². The molecule has 0 saturated heterocycles. The molecule has 2 aromatic heterocycles. The molecular formula is C16H10N6O. The van der Waals surface area contributed by atoms with Gasteiger partial charge in [-0.15, -0.1) is 4.86 Å². The van der Waals surface area contributed by atoms with E-state index in [0.29, 0.717) is 15.9 Å². The molecule has 4 aromatic rings. The summed E-state index contributed by atoms with van der Waals surface area (Å²) in [6.45, 7) is 0. The van der Waals surface area contributed by atoms with Gasteiger partial charge < -0.3 is 5.21 Å². The first-order valence-corrected chi connectivity index (χ1v) is 6.92. The van der Waals surface area contributed by atoms with Crippen LogP contribution in [0.1, 0.15) is 0 Å². The molecule has 2 aromatic carbocycles. The first-order valence-electron chi connectivity index (χ1n) is 6.92. The summed E-state index contributed by atoms with van der Waals surface area (Å²) in [6.07, 6.45) is 2.83. The van der Waals surface area contributed by atoms with E-state index in [1.165, 1.54) is 12.4 Å². The lowest BCUT2D eigenvalue weighted by Gasteiger charge is -2.03. The Kier molecular flexibility index (Phi) is 3.09. The fraction of sp³-hybridized carbons (Fsp3) is 0. The molecule has 0 spiro atoms. The Morgan fingerprint density at radius 2 is 1.30 bits per heavy atom. The molecule has 0 amide bonds. The van der Waals surface area contributed by atoms with E-state index in [4.69, 9.17) is 0 Å². The van der Waals surface area contributed by atoms with E-state index in [9.17, 15) is 5.21 Å². The first kappa shape index (κ1) is 13.2. The van der Waals surface area contributed by atoms with Gasteiger partial charge in [-0.2, -0.15) is 0 Å². The van der Waals surface area contributed by atoms with Crippen LogP contribution in [0.15, 0.2) is 66.0 Å². The van der Waals surface area contributed by atoms with E-state index in [1.807, 2.05) is 42.5 Å². The number of rotatable bonds is 2. The number of nitrogens with zero attached hydrogens (tertiary/aromatic N) is 6. The number of fused-ring (bicyclic) bond motifs is 2. The minimum Gasteiger partial charge on any atom is -0.690 e. The second-order valence-corrected chi connectivity index (χ2v) is 4.81. The Morgan fingerprint density at radius 3 is 2.00 bits per heavy atom. The maximum absolute atomic E-state index is 12.2. The summed E-state index contributed by atoms with van der Waals surface area (Å²) in [4.78, 5) is 17.3. The Bertz CT molecular complexity index is 1050. The molecule has 0 aliphatic heterocycles. The topological polar surface area (TPSA) is 90.0 Å². The SMILES string of the molecule is [O-][N+](=Nc1cnc2ccccc2n1)c1cnc2ccccc2n1. The van der Waals surface area contributed by atoms with Crippen molar-refractivity contribution in [3.8, 4) is 0 Å². The minimum atomic E-state index is 0.0960. The first-order chi connectivity index (χ1) is 11.3. The molecule has 7 nitrogen and oxygen atoms in total. The quantitative estimate of drug-likeness (QED) is 0.321. The van der Waals surface area contributed by atoms with Gasteiger partial charge in [-0.05, 0) is 29.2 Å². The third-order valence-electron chi connectivity index (χ3n) is 3.26. The summed E-state index contributed by atoms with van der Waals surface area (Å²) in [6, 6.07) is 14.7. The van der Waals surface area contributed by atoms with Gasteiger partial charge in [0.15, 0.2) is 0 Å². The lowest BCUT2D eigenvalue weighted by atomic mass is 10.3. The summed E-state index contributed by atoms with van der Waals surface area (Å²) >= 11 is 0. The summed E-state index contributed by atoms with van der Waals surface area (Å²) in [7, 11) is 0. The average molecular weight is 302 g/mol. The number of azo groups is 1. The molecule has 2 heterocycles. The molecule has 4 rings (SSSR count). The molecule has 0 fully saturated rings. The highest BCUT2D eigenvalue weighted by molar-refractivity contribution is 5.75. The third kappa shape index (κ3) is 2.55. The van der Waals surface area contributed by atoms with Gasteiger partial charge in [-0.3, -0.25) is 4.98 Å². The van der Waals surface area contributed by atoms with Crippen LogP contribution in [0.25, 0.3) is 22.1 Å². The molecule has 0 atom stereocenters. The van der Waals surface area contributed by atoms with Crippen molar-refractivity contribution in [2.75, 3.05) is 0 Å². The molecule has 23 heavy (non-hydrogen) atoms. The van der Waals surface area contributed by atoms with E-state index in [2.05, 4.69) is 25.1 Å². The van der Waals surface area contributed by atoms with Gasteiger partial charge in [0, 0.05) is 0 Å². The standard InChI is InChI=1S/C16H10N6O/c23-22(16-10-18-12-6-2-4-8-14(12)20-16)21-15-9-17-11-5-1-3-7-13(11)19-15/h1-10H. The van der Waals surface area contributed by atoms with Crippen molar-refractivity contribution in [1.29, 1.82) is 0 Å². The molecule has 0 saturated carbocycles. The van der Waals surface area contributed by atoms with Crippen molar-refractivity contribution in [2.24, 2.45) is 5.11 Å². The van der Waals surface area contributed by atoms with Crippen molar-refractivity contribution < 1.29 is 4.86 Å². The number of hydrogen-bond donors (Lipinski definition) is 0. The summed E-state index contributed by atoms with van der Waals surface area (Å²) in [5, 5.41) is 16.1. The lowest BCUT2D eigenvalue weighted by Crippen LogP contribution is -1.96. The van der Waals surface area contributed by atoms with E-state index in [0.717, 1.165) is 11.0 Å². The van der Waals surface area contributed by atoms with Crippen LogP contribution in [0.2, 0.25) is 0 Å². The Labute approximate surface area is 130 Å². The summed E-state index contributed by atoms with van der Waals surface area (Å²) < 4.78 is 0. The maximum atomic E-state index is 12.2. The van der Waals surface area contributed by atoms with E-state index >= 15 is 0 Å². The number of aromatic nitrogens is 4. The molecule has 7 heteroatoms. The fourth-order valence-corrected chi connectivity index (χ4v) is 2.18. The van der Waals surface area contributed by atoms with Crippen molar-refractivity contribution in [3.63, 3.8) is 0 Å². The van der Waals surface area contributed by atoms with Crippen LogP contribution >= 0.6 is 0 Å². The minimum absolute atomic E-state index is 0.0960. The molecule has 0 aliphatic carbocycles. The van der Waals surface area contributed by atoms with Gasteiger partial charge in [-0.1, -0.05) is 29.4 Å². The van der Waals surface area contributed by atoms with Crippen LogP contribution in [0, 0.1) is 5.21 Å². The van der Waals surface area contributed by atoms with Gasteiger partial charge in [0.2, 0.25) is 11.3 Å². The molecule has 0 N–H and O–H groups in total. The van der Waals surface area contributed by atoms with Crippen LogP contribution in [0.4, 0.5) is 11.6 Å². The smallest absolute Gasteiger partial charge is 0.366 e. The Morgan fingerprint density at radius 1 is 0.739 bits per heavy atom. The second kappa shape index (κ2) is 5.38. The molecule has 110 valence electrons. The predicted molar refractivity (Wildman–Crippen MR) is 84.5 cm³/mol. The van der Waals surface area contributed by atoms with Crippen LogP contribution in [-0.4, -0.2) is 24.8 Å². The van der Waals surface area contributed by atoms with Gasteiger partial charge in [0.1, 0.15) is 11.7 Å². The molecular weight excluding hydrogens is 292 g/mol. The molecule has 0 unspecified atom stereocenters. The van der Waals surface area contributed by atoms with E-state index in [-0.39, 0.29) is 11.6 Å². The van der Waals surface area contributed by atoms with Crippen LogP contribution in [-0.2, 0) is 0 Å². The number of para-hydroxylation sites is 4. The zero-order valence-corrected chi connectivity index (χ0v) is 11.9. The lowest BCUT2D eigenvalue weighted by molar-refractivity contribution is -0.440. The van der Waals surface area contributed by atoms with Crippen molar-refractivity contribution >= 4 is 33.7 Å². The van der Waals surface area contributed by atoms with E-state index in [1.54, 1.807) is 6.07 Å². The largest absolute Gasteiger partial charge is 0.690 e. The second-order valence-electron chi connectivity index (χ2n) is 4.81. The average Bonchev–Trinajstić information content (AvgIpc) is 2.61. The predicted octanol–water partition coefficient (Wildman–Crippen LogP) is 3.50. The molecule has 0 aliphatic rings. The van der Waals surface area contributed by atoms with E-state index < -0.39 is 0 Å². The van der Waals surface area contributed by atoms with Crippen molar-refractivity contribution in [2.45, 2.75) is 0 Å². The normalized spacial score (nSPS) is 11.9. The highest BCUT2D eigenvalue weighted by Crippen LogP contribution is 2.17. The van der Waals surface area contributed by atoms with Gasteiger partial charge in [0.25, 0.3) is 0 Å². The monoisotopic (exact) mass is 302 g/mol. The summed E-state index contributed by atoms with van der Waals surface area (Å²) in [5.74, 6) is 0.312. The van der Waals surface area contributed by atoms with Crippen molar-refractivity contribution in [3.05, 3.63) is 66.1 Å². The zero-order chi connectivity index (χ0) is 15.6. The highest BCUT2D eigenvalue weighted by atomic mass is 16.5. The van der Waals surface area contributed by atoms with Crippen LogP contribution < -0.4 is 0 Å². The fourth-order valence-electron chi connectivity index (χ4n) is 2.18. The van der Waals surface area contributed by atoms with Crippen LogP contribution in [0.5, 0.6) is 0 Å². The number of benzene rings is 2. The summed E-state index contributed by atoms with van der Waals surface area (Å²) in [5.41, 5.74) is 2.77. The van der Waals surface area contributed by atoms with Gasteiger partial charge in [0.05, 0.1) is 17.2 Å². The number of hydrogen-bond acceptors (Lipinski definition) is 6. The highest BCUT2D eigenvalue weighted by Gasteiger charge is 2.10. The molecule has 0 bridgehead atoms. The Hall–Kier alpha value is -3.48.